The number of carbonyl (C=O) groups excluding carboxylic acids is 2. The van der Waals surface area contributed by atoms with E-state index in [1.54, 1.807) is 30.6 Å². The molecule has 1 aromatic rings. The Morgan fingerprint density at radius 2 is 2.13 bits per heavy atom. The molecule has 0 heterocycles. The number of allylic oxidation sites excluding steroid dienone is 1. The van der Waals surface area contributed by atoms with Gasteiger partial charge in [0.25, 0.3) is 5.91 Å². The highest BCUT2D eigenvalue weighted by atomic mass is 16.1. The average Bonchev–Trinajstić information content (AvgIpc) is 2.27. The van der Waals surface area contributed by atoms with Gasteiger partial charge in [0.2, 0.25) is 6.29 Å². The zero-order valence-corrected chi connectivity index (χ0v) is 7.86. The molecule has 3 heteroatoms. The van der Waals surface area contributed by atoms with Crippen molar-refractivity contribution >= 4 is 18.3 Å². The van der Waals surface area contributed by atoms with Crippen LogP contribution < -0.4 is 5.32 Å². The van der Waals surface area contributed by atoms with E-state index in [0.29, 0.717) is 11.1 Å². The highest BCUT2D eigenvalue weighted by Gasteiger charge is 2.06. The molecule has 15 heavy (non-hydrogen) atoms. The lowest BCUT2D eigenvalue weighted by atomic mass is 10.1. The van der Waals surface area contributed by atoms with Gasteiger partial charge in [0.1, 0.15) is 0 Å². The normalized spacial score (nSPS) is 9.53. The number of benzene rings is 1. The second-order valence-corrected chi connectivity index (χ2v) is 2.64. The van der Waals surface area contributed by atoms with Gasteiger partial charge in [-0.1, -0.05) is 30.7 Å². The molecule has 0 bridgehead atoms. The number of carbonyl (C=O) groups is 1. The van der Waals surface area contributed by atoms with Crippen LogP contribution in [0.4, 0.5) is 0 Å². The fraction of sp³-hybridized carbons (Fsp3) is 0. The molecule has 0 fully saturated rings. The summed E-state index contributed by atoms with van der Waals surface area (Å²) >= 11 is 0. The first-order valence-electron chi connectivity index (χ1n) is 4.18. The first-order valence-corrected chi connectivity index (χ1v) is 4.18. The Balaban J connectivity index is 3.06. The van der Waals surface area contributed by atoms with Crippen molar-refractivity contribution in [3.63, 3.8) is 0 Å². The van der Waals surface area contributed by atoms with Gasteiger partial charge >= 0.3 is 0 Å². The zero-order valence-electron chi connectivity index (χ0n) is 7.86. The summed E-state index contributed by atoms with van der Waals surface area (Å²) in [6.07, 6.45) is 9.26. The fourth-order valence-electron chi connectivity index (χ4n) is 1.11. The van der Waals surface area contributed by atoms with Crippen molar-refractivity contribution in [3.05, 3.63) is 41.5 Å². The smallest absolute Gasteiger partial charge is 0.263 e. The highest BCUT2D eigenvalue weighted by molar-refractivity contribution is 5.99. The Hall–Kier alpha value is -2.34. The van der Waals surface area contributed by atoms with E-state index in [1.807, 2.05) is 6.04 Å². The summed E-state index contributed by atoms with van der Waals surface area (Å²) in [5, 5.41) is 2.24. The number of rotatable bonds is 3. The molecular weight excluding hydrogens is 190 g/mol. The minimum absolute atomic E-state index is 0.372. The molecule has 1 rings (SSSR count). The van der Waals surface area contributed by atoms with Crippen LogP contribution in [0, 0.1) is 12.5 Å². The predicted octanol–water partition coefficient (Wildman–Crippen LogP) is 1.13. The first-order chi connectivity index (χ1) is 7.29. The second kappa shape index (κ2) is 5.40. The molecule has 0 spiro atoms. The Kier molecular flexibility index (Phi) is 3.87. The standard InChI is InChI=1S/C12H8NO2/c1-2-13-12(15)11-8-4-3-6-10(11)7-5-9-14/h1,3-8H,(H,13,15)/b7-5+. The van der Waals surface area contributed by atoms with Gasteiger partial charge in [-0.2, -0.15) is 0 Å². The van der Waals surface area contributed by atoms with Crippen molar-refractivity contribution in [3.8, 4) is 12.5 Å². The Bertz CT molecular complexity index is 441. The van der Waals surface area contributed by atoms with E-state index < -0.39 is 0 Å². The largest absolute Gasteiger partial charge is 0.286 e. The van der Waals surface area contributed by atoms with E-state index in [-0.39, 0.29) is 5.91 Å². The van der Waals surface area contributed by atoms with Crippen LogP contribution in [0.2, 0.25) is 0 Å². The summed E-state index contributed by atoms with van der Waals surface area (Å²) in [6, 6.07) is 8.85. The minimum atomic E-state index is -0.372. The SMILES string of the molecule is C#CNC(=O)c1ccccc1/C=C/[C]=O. The first kappa shape index (κ1) is 10.7. The number of hydrogen-bond donors (Lipinski definition) is 1. The predicted molar refractivity (Wildman–Crippen MR) is 57.5 cm³/mol. The summed E-state index contributed by atoms with van der Waals surface area (Å²) < 4.78 is 0. The molecule has 0 atom stereocenters. The molecule has 73 valence electrons. The molecule has 0 aliphatic rings. The van der Waals surface area contributed by atoms with Gasteiger partial charge in [0, 0.05) is 11.6 Å². The third-order valence-electron chi connectivity index (χ3n) is 1.72. The number of hydrogen-bond acceptors (Lipinski definition) is 2. The number of nitrogens with one attached hydrogen (secondary N) is 1. The van der Waals surface area contributed by atoms with Gasteiger partial charge in [-0.25, -0.2) is 0 Å². The maximum absolute atomic E-state index is 11.4. The van der Waals surface area contributed by atoms with Crippen molar-refractivity contribution in [2.24, 2.45) is 0 Å². The van der Waals surface area contributed by atoms with Crippen LogP contribution in [0.1, 0.15) is 15.9 Å². The van der Waals surface area contributed by atoms with Gasteiger partial charge in [-0.3, -0.25) is 14.9 Å². The zero-order chi connectivity index (χ0) is 11.1. The average molecular weight is 198 g/mol. The Morgan fingerprint density at radius 1 is 1.40 bits per heavy atom. The molecule has 1 N–H and O–H groups in total. The molecule has 1 radical (unpaired) electrons. The van der Waals surface area contributed by atoms with E-state index in [2.05, 4.69) is 5.32 Å². The van der Waals surface area contributed by atoms with Crippen molar-refractivity contribution in [1.82, 2.24) is 5.32 Å². The molecule has 0 aliphatic carbocycles. The topological polar surface area (TPSA) is 46.2 Å². The maximum Gasteiger partial charge on any atom is 0.263 e. The fourth-order valence-corrected chi connectivity index (χ4v) is 1.11. The van der Waals surface area contributed by atoms with E-state index in [9.17, 15) is 9.59 Å². The summed E-state index contributed by atoms with van der Waals surface area (Å²) in [4.78, 5) is 21.5. The van der Waals surface area contributed by atoms with E-state index >= 15 is 0 Å². The van der Waals surface area contributed by atoms with Crippen molar-refractivity contribution in [1.29, 1.82) is 0 Å². The molecule has 0 saturated carbocycles. The lowest BCUT2D eigenvalue weighted by Crippen LogP contribution is -2.18. The maximum atomic E-state index is 11.4. The van der Waals surface area contributed by atoms with Crippen LogP contribution in [0.3, 0.4) is 0 Å². The van der Waals surface area contributed by atoms with Crippen molar-refractivity contribution < 1.29 is 9.59 Å². The molecule has 1 aromatic carbocycles. The Morgan fingerprint density at radius 3 is 2.80 bits per heavy atom. The van der Waals surface area contributed by atoms with Crippen LogP contribution in [0.5, 0.6) is 0 Å². The van der Waals surface area contributed by atoms with Crippen LogP contribution in [-0.2, 0) is 4.79 Å². The summed E-state index contributed by atoms with van der Waals surface area (Å²) in [5.74, 6) is -0.372. The van der Waals surface area contributed by atoms with Crippen LogP contribution >= 0.6 is 0 Å². The van der Waals surface area contributed by atoms with Crippen molar-refractivity contribution in [2.45, 2.75) is 0 Å². The molecule has 1 amide bonds. The minimum Gasteiger partial charge on any atom is -0.286 e. The third-order valence-corrected chi connectivity index (χ3v) is 1.72. The van der Waals surface area contributed by atoms with Gasteiger partial charge in [0.15, 0.2) is 0 Å². The summed E-state index contributed by atoms with van der Waals surface area (Å²) in [5.41, 5.74) is 1.04. The van der Waals surface area contributed by atoms with Gasteiger partial charge in [0.05, 0.1) is 0 Å². The Labute approximate surface area is 87.8 Å². The second-order valence-electron chi connectivity index (χ2n) is 2.64. The van der Waals surface area contributed by atoms with Gasteiger partial charge < -0.3 is 0 Å². The van der Waals surface area contributed by atoms with Gasteiger partial charge in [-0.05, 0) is 17.7 Å². The molecule has 0 unspecified atom stereocenters. The highest BCUT2D eigenvalue weighted by Crippen LogP contribution is 2.10. The molecular formula is C12H8NO2. The van der Waals surface area contributed by atoms with E-state index in [1.165, 1.54) is 12.2 Å². The van der Waals surface area contributed by atoms with Crippen LogP contribution in [0.25, 0.3) is 6.08 Å². The molecule has 3 nitrogen and oxygen atoms in total. The molecule has 0 aliphatic heterocycles. The van der Waals surface area contributed by atoms with E-state index in [0.717, 1.165) is 0 Å². The summed E-state index contributed by atoms with van der Waals surface area (Å²) in [7, 11) is 0. The lowest BCUT2D eigenvalue weighted by Gasteiger charge is -2.02. The molecule has 0 aromatic heterocycles. The number of amides is 1. The lowest BCUT2D eigenvalue weighted by molar-refractivity contribution is 0.0973. The third kappa shape index (κ3) is 2.82. The monoisotopic (exact) mass is 198 g/mol. The quantitative estimate of drug-likeness (QED) is 0.449. The van der Waals surface area contributed by atoms with Crippen LogP contribution in [0.15, 0.2) is 30.3 Å². The van der Waals surface area contributed by atoms with Crippen molar-refractivity contribution in [2.75, 3.05) is 0 Å². The number of terminal acetylenes is 1. The van der Waals surface area contributed by atoms with Crippen LogP contribution in [-0.4, -0.2) is 12.2 Å². The summed E-state index contributed by atoms with van der Waals surface area (Å²) in [6.45, 7) is 0. The van der Waals surface area contributed by atoms with Gasteiger partial charge in [-0.15, -0.1) is 0 Å². The van der Waals surface area contributed by atoms with E-state index in [4.69, 9.17) is 6.42 Å². The molecule has 0 saturated heterocycles.